The standard InChI is InChI=1S/C56H34/c1-2-6-35(7-3-1)46-32-47(36-12-16-38(17-13-36)49-28-24-44-22-20-40-8-4-10-42-26-30-51(49)55(44)53(40)42)34-48(33-46)37-14-18-39(19-15-37)50-29-25-45-23-21-41-9-5-11-43-27-31-52(50)56(45)54(41)43/h1-34H/i12D,13D,14D,15D,16D,17D,18D,19D,32D,33D,34D. The topological polar surface area (TPSA) is 0 Å². The molecule has 0 aliphatic carbocycles. The van der Waals surface area contributed by atoms with E-state index in [9.17, 15) is 15.1 Å². The van der Waals surface area contributed by atoms with E-state index in [0.29, 0.717) is 16.7 Å². The van der Waals surface area contributed by atoms with Gasteiger partial charge in [0.05, 0.1) is 15.1 Å². The molecule has 0 radical (unpaired) electrons. The van der Waals surface area contributed by atoms with Gasteiger partial charge in [0, 0.05) is 0 Å². The van der Waals surface area contributed by atoms with Crippen LogP contribution < -0.4 is 0 Å². The molecule has 0 bridgehead atoms. The average Bonchev–Trinajstić information content (AvgIpc) is 3.34. The molecular formula is C56H34. The average molecular weight is 718 g/mol. The Morgan fingerprint density at radius 2 is 0.571 bits per heavy atom. The number of hydrogen-bond acceptors (Lipinski definition) is 0. The Morgan fingerprint density at radius 1 is 0.232 bits per heavy atom. The highest BCUT2D eigenvalue weighted by atomic mass is 14.2. The SMILES string of the molecule is [2H]c1c([2H])c(-c2ccc3ccc4cccc5ccc2c3c45)c([2H])c([2H])c1-c1c([2H])c(-c2ccccc2)c([2H])c(-c2c([2H])c([2H])c(-c3ccc4ccc5cccc6ccc3c4c56)c([2H])c2[2H])c1[2H]. The van der Waals surface area contributed by atoms with E-state index in [1.54, 1.807) is 42.5 Å². The molecule has 0 unspecified atom stereocenters. The lowest BCUT2D eigenvalue weighted by atomic mass is 9.88. The summed E-state index contributed by atoms with van der Waals surface area (Å²) >= 11 is 0. The maximum absolute atomic E-state index is 9.80. The molecule has 0 spiro atoms. The first-order valence-corrected chi connectivity index (χ1v) is 18.6. The molecule has 0 saturated carbocycles. The van der Waals surface area contributed by atoms with Gasteiger partial charge < -0.3 is 0 Å². The Balaban J connectivity index is 1.11. The van der Waals surface area contributed by atoms with Crippen LogP contribution in [-0.2, 0) is 0 Å². The van der Waals surface area contributed by atoms with E-state index in [4.69, 9.17) is 0 Å². The van der Waals surface area contributed by atoms with Crippen LogP contribution in [0, 0.1) is 0 Å². The van der Waals surface area contributed by atoms with E-state index in [0.717, 1.165) is 64.6 Å². The monoisotopic (exact) mass is 717 g/mol. The Labute approximate surface area is 340 Å². The number of rotatable bonds is 5. The van der Waals surface area contributed by atoms with Crippen LogP contribution >= 0.6 is 0 Å². The molecule has 258 valence electrons. The van der Waals surface area contributed by atoms with Crippen molar-refractivity contribution in [3.63, 3.8) is 0 Å². The zero-order valence-corrected chi connectivity index (χ0v) is 29.8. The second-order valence-corrected chi connectivity index (χ2v) is 14.3. The molecule has 0 heterocycles. The fourth-order valence-corrected chi connectivity index (χ4v) is 8.52. The van der Waals surface area contributed by atoms with Crippen LogP contribution in [-0.4, -0.2) is 0 Å². The van der Waals surface area contributed by atoms with Crippen molar-refractivity contribution in [3.05, 3.63) is 206 Å². The molecule has 0 aliphatic rings. The highest BCUT2D eigenvalue weighted by molar-refractivity contribution is 6.26. The third-order valence-corrected chi connectivity index (χ3v) is 11.2. The maximum atomic E-state index is 9.80. The summed E-state index contributed by atoms with van der Waals surface area (Å²) in [6, 6.07) is 39.1. The summed E-state index contributed by atoms with van der Waals surface area (Å²) in [6.07, 6.45) is 0. The van der Waals surface area contributed by atoms with Crippen LogP contribution in [0.5, 0.6) is 0 Å². The van der Waals surface area contributed by atoms with Gasteiger partial charge >= 0.3 is 0 Å². The molecule has 0 nitrogen and oxygen atoms in total. The fourth-order valence-electron chi connectivity index (χ4n) is 8.52. The fraction of sp³-hybridized carbons (Fsp3) is 0. The van der Waals surface area contributed by atoms with Crippen LogP contribution in [0.4, 0.5) is 0 Å². The Kier molecular flexibility index (Phi) is 4.80. The first-order chi connectivity index (χ1) is 32.4. The molecule has 0 saturated heterocycles. The minimum Gasteiger partial charge on any atom is -0.0622 e. The Bertz CT molecular complexity index is 3770. The lowest BCUT2D eigenvalue weighted by molar-refractivity contribution is 1.56. The predicted octanol–water partition coefficient (Wildman–Crippen LogP) is 15.8. The first kappa shape index (κ1) is 22.2. The molecule has 0 fully saturated rings. The van der Waals surface area contributed by atoms with Gasteiger partial charge in [-0.3, -0.25) is 0 Å². The molecule has 12 rings (SSSR count). The van der Waals surface area contributed by atoms with Gasteiger partial charge in [0.2, 0.25) is 0 Å². The maximum Gasteiger partial charge on any atom is 0.0636 e. The Hall–Kier alpha value is -7.28. The second kappa shape index (κ2) is 12.1. The number of hydrogen-bond donors (Lipinski definition) is 0. The quantitative estimate of drug-likeness (QED) is 0.156. The van der Waals surface area contributed by atoms with Crippen molar-refractivity contribution in [1.82, 2.24) is 0 Å². The molecular weight excluding hydrogens is 673 g/mol. The Morgan fingerprint density at radius 3 is 1.00 bits per heavy atom. The van der Waals surface area contributed by atoms with Gasteiger partial charge in [-0.05, 0) is 138 Å². The van der Waals surface area contributed by atoms with Crippen molar-refractivity contribution in [2.24, 2.45) is 0 Å². The van der Waals surface area contributed by atoms with Crippen LogP contribution in [0.15, 0.2) is 206 Å². The summed E-state index contributed by atoms with van der Waals surface area (Å²) in [6.45, 7) is 0. The van der Waals surface area contributed by atoms with Gasteiger partial charge in [0.1, 0.15) is 0 Å². The highest BCUT2D eigenvalue weighted by Crippen LogP contribution is 2.42. The van der Waals surface area contributed by atoms with E-state index < -0.39 is 42.3 Å². The van der Waals surface area contributed by atoms with Gasteiger partial charge in [-0.1, -0.05) is 188 Å². The van der Waals surface area contributed by atoms with Crippen molar-refractivity contribution >= 4 is 64.6 Å². The van der Waals surface area contributed by atoms with E-state index in [2.05, 4.69) is 12.1 Å². The zero-order valence-electron chi connectivity index (χ0n) is 40.8. The normalized spacial score (nSPS) is 14.7. The van der Waals surface area contributed by atoms with Crippen LogP contribution in [0.25, 0.3) is 120 Å². The third-order valence-electron chi connectivity index (χ3n) is 11.2. The molecule has 0 N–H and O–H groups in total. The van der Waals surface area contributed by atoms with Gasteiger partial charge in [-0.2, -0.15) is 0 Å². The molecule has 0 atom stereocenters. The highest BCUT2D eigenvalue weighted by Gasteiger charge is 2.15. The van der Waals surface area contributed by atoms with Gasteiger partial charge in [0.15, 0.2) is 0 Å². The van der Waals surface area contributed by atoms with Gasteiger partial charge in [-0.15, -0.1) is 0 Å². The van der Waals surface area contributed by atoms with Crippen molar-refractivity contribution < 1.29 is 15.1 Å². The van der Waals surface area contributed by atoms with Crippen molar-refractivity contribution in [2.45, 2.75) is 0 Å². The molecule has 56 heavy (non-hydrogen) atoms. The third kappa shape index (κ3) is 4.79. The van der Waals surface area contributed by atoms with Crippen LogP contribution in [0.3, 0.4) is 0 Å². The second-order valence-electron chi connectivity index (χ2n) is 14.3. The van der Waals surface area contributed by atoms with Crippen molar-refractivity contribution in [2.75, 3.05) is 0 Å². The minimum absolute atomic E-state index is 0.0259. The molecule has 12 aromatic rings. The zero-order chi connectivity index (χ0) is 46.3. The molecule has 0 heteroatoms. The molecule has 12 aromatic carbocycles. The van der Waals surface area contributed by atoms with Crippen molar-refractivity contribution in [1.29, 1.82) is 0 Å². The molecule has 0 aliphatic heterocycles. The van der Waals surface area contributed by atoms with Crippen LogP contribution in [0.1, 0.15) is 15.1 Å². The van der Waals surface area contributed by atoms with Gasteiger partial charge in [0.25, 0.3) is 0 Å². The largest absolute Gasteiger partial charge is 0.0636 e. The number of benzene rings is 12. The summed E-state index contributed by atoms with van der Waals surface area (Å²) in [5.74, 6) is 0. The first-order valence-electron chi connectivity index (χ1n) is 24.1. The van der Waals surface area contributed by atoms with Crippen LogP contribution in [0.2, 0.25) is 0 Å². The summed E-state index contributed by atoms with van der Waals surface area (Å²) in [7, 11) is 0. The smallest absolute Gasteiger partial charge is 0.0622 e. The van der Waals surface area contributed by atoms with Crippen molar-refractivity contribution in [3.8, 4) is 55.6 Å². The van der Waals surface area contributed by atoms with Gasteiger partial charge in [-0.25, -0.2) is 0 Å². The van der Waals surface area contributed by atoms with E-state index in [1.807, 2.05) is 84.9 Å². The lowest BCUT2D eigenvalue weighted by Gasteiger charge is -2.15. The van der Waals surface area contributed by atoms with E-state index >= 15 is 0 Å². The molecule has 0 aromatic heterocycles. The minimum atomic E-state index is -0.581. The summed E-state index contributed by atoms with van der Waals surface area (Å²) in [4.78, 5) is 0. The lowest BCUT2D eigenvalue weighted by Crippen LogP contribution is -1.89. The molecule has 0 amide bonds. The summed E-state index contributed by atoms with van der Waals surface area (Å²) < 4.78 is 105. The van der Waals surface area contributed by atoms with E-state index in [-0.39, 0.29) is 63.1 Å². The van der Waals surface area contributed by atoms with E-state index in [1.165, 1.54) is 0 Å². The predicted molar refractivity (Wildman–Crippen MR) is 241 cm³/mol. The summed E-state index contributed by atoms with van der Waals surface area (Å²) in [5.41, 5.74) is 0.112. The summed E-state index contributed by atoms with van der Waals surface area (Å²) in [5, 5.41) is 11.5.